The summed E-state index contributed by atoms with van der Waals surface area (Å²) in [6.45, 7) is 3.13. The van der Waals surface area contributed by atoms with Gasteiger partial charge in [0.05, 0.1) is 6.61 Å². The Bertz CT molecular complexity index is 1050. The fraction of sp³-hybridized carbons (Fsp3) is 0.455. The number of ether oxygens (including phenoxy) is 1. The van der Waals surface area contributed by atoms with Crippen LogP contribution < -0.4 is 4.74 Å². The van der Waals surface area contributed by atoms with E-state index in [-0.39, 0.29) is 17.7 Å². The first-order chi connectivity index (χ1) is 18.1. The molecule has 0 fully saturated rings. The van der Waals surface area contributed by atoms with Crippen molar-refractivity contribution in [3.8, 4) is 28.0 Å². The Morgan fingerprint density at radius 1 is 0.595 bits per heavy atom. The summed E-state index contributed by atoms with van der Waals surface area (Å²) in [5.41, 5.74) is 3.08. The molecule has 0 spiro atoms. The second-order valence-corrected chi connectivity index (χ2v) is 9.87. The quantitative estimate of drug-likeness (QED) is 0.184. The molecular weight excluding hydrogens is 466 g/mol. The van der Waals surface area contributed by atoms with Crippen LogP contribution in [0.5, 0.6) is 5.75 Å². The van der Waals surface area contributed by atoms with Gasteiger partial charge in [0.2, 0.25) is 0 Å². The highest BCUT2D eigenvalue weighted by atomic mass is 19.2. The van der Waals surface area contributed by atoms with Gasteiger partial charge in [0.25, 0.3) is 0 Å². The lowest BCUT2D eigenvalue weighted by atomic mass is 9.97. The van der Waals surface area contributed by atoms with Gasteiger partial charge in [0.15, 0.2) is 11.6 Å². The van der Waals surface area contributed by atoms with Crippen LogP contribution in [0.2, 0.25) is 0 Å². The highest BCUT2D eigenvalue weighted by Gasteiger charge is 2.16. The average Bonchev–Trinajstić information content (AvgIpc) is 2.93. The highest BCUT2D eigenvalue weighted by Crippen LogP contribution is 2.32. The third kappa shape index (κ3) is 9.27. The van der Waals surface area contributed by atoms with Crippen LogP contribution in [0.15, 0.2) is 60.7 Å². The van der Waals surface area contributed by atoms with E-state index >= 15 is 8.78 Å². The van der Waals surface area contributed by atoms with Gasteiger partial charge in [0.1, 0.15) is 5.75 Å². The molecule has 0 amide bonds. The van der Waals surface area contributed by atoms with Crippen molar-refractivity contribution < 1.29 is 18.6 Å². The second-order valence-electron chi connectivity index (χ2n) is 9.87. The second kappa shape index (κ2) is 16.2. The molecular formula is C33H42F2O2. The van der Waals surface area contributed by atoms with E-state index in [1.165, 1.54) is 44.1 Å². The number of benzene rings is 3. The maximum atomic E-state index is 15.1. The molecule has 0 saturated heterocycles. The lowest BCUT2D eigenvalue weighted by molar-refractivity contribution is 0.281. The Kier molecular flexibility index (Phi) is 12.6. The van der Waals surface area contributed by atoms with Crippen LogP contribution in [0, 0.1) is 11.6 Å². The zero-order valence-corrected chi connectivity index (χ0v) is 22.3. The minimum atomic E-state index is -0.825. The van der Waals surface area contributed by atoms with Crippen molar-refractivity contribution in [2.24, 2.45) is 0 Å². The third-order valence-corrected chi connectivity index (χ3v) is 6.90. The molecule has 0 atom stereocenters. The van der Waals surface area contributed by atoms with Gasteiger partial charge in [-0.2, -0.15) is 0 Å². The molecule has 0 unspecified atom stereocenters. The summed E-state index contributed by atoms with van der Waals surface area (Å²) in [7, 11) is 0. The number of aryl methyl sites for hydroxylation is 1. The molecule has 4 heteroatoms. The summed E-state index contributed by atoms with van der Waals surface area (Å²) in [6, 6.07) is 18.3. The Morgan fingerprint density at radius 2 is 1.11 bits per heavy atom. The highest BCUT2D eigenvalue weighted by molar-refractivity contribution is 5.72. The fourth-order valence-electron chi connectivity index (χ4n) is 4.62. The van der Waals surface area contributed by atoms with Gasteiger partial charge in [-0.25, -0.2) is 8.78 Å². The van der Waals surface area contributed by atoms with Crippen LogP contribution in [-0.2, 0) is 6.42 Å². The molecule has 200 valence electrons. The first kappa shape index (κ1) is 28.8. The summed E-state index contributed by atoms with van der Waals surface area (Å²) in [4.78, 5) is 0. The number of hydrogen-bond donors (Lipinski definition) is 1. The Hall–Kier alpha value is -2.72. The van der Waals surface area contributed by atoms with E-state index in [1.54, 1.807) is 24.3 Å². The van der Waals surface area contributed by atoms with Gasteiger partial charge < -0.3 is 9.84 Å². The lowest BCUT2D eigenvalue weighted by Crippen LogP contribution is -1.98. The number of aliphatic hydroxyl groups excluding tert-OH is 1. The van der Waals surface area contributed by atoms with Gasteiger partial charge in [-0.05, 0) is 54.5 Å². The summed E-state index contributed by atoms with van der Waals surface area (Å²) < 4.78 is 35.9. The normalized spacial score (nSPS) is 11.1. The van der Waals surface area contributed by atoms with Crippen molar-refractivity contribution in [1.82, 2.24) is 0 Å². The van der Waals surface area contributed by atoms with E-state index < -0.39 is 11.6 Å². The predicted molar refractivity (Wildman–Crippen MR) is 150 cm³/mol. The van der Waals surface area contributed by atoms with E-state index in [0.29, 0.717) is 17.7 Å². The predicted octanol–water partition coefficient (Wildman–Crippen LogP) is 9.52. The number of rotatable bonds is 17. The molecule has 37 heavy (non-hydrogen) atoms. The minimum absolute atomic E-state index is 0.251. The van der Waals surface area contributed by atoms with E-state index in [2.05, 4.69) is 6.92 Å². The molecule has 3 aromatic carbocycles. The minimum Gasteiger partial charge on any atom is -0.494 e. The largest absolute Gasteiger partial charge is 0.494 e. The first-order valence-corrected chi connectivity index (χ1v) is 14.1. The standard InChI is InChI=1S/C33H42F2O2/c1-2-3-4-10-13-26-14-16-27(17-15-26)30-22-23-31(33(35)32(30)34)28-18-20-29(21-19-28)37-25-12-9-7-5-6-8-11-24-36/h14-23,36H,2-13,24-25H2,1H3. The van der Waals surface area contributed by atoms with Crippen LogP contribution in [0.3, 0.4) is 0 Å². The zero-order chi connectivity index (χ0) is 26.3. The van der Waals surface area contributed by atoms with Gasteiger partial charge in [-0.15, -0.1) is 0 Å². The monoisotopic (exact) mass is 508 g/mol. The lowest BCUT2D eigenvalue weighted by Gasteiger charge is -2.11. The van der Waals surface area contributed by atoms with Gasteiger partial charge in [-0.3, -0.25) is 0 Å². The summed E-state index contributed by atoms with van der Waals surface area (Å²) in [5, 5.41) is 8.80. The Labute approximate surface area is 221 Å². The van der Waals surface area contributed by atoms with Crippen molar-refractivity contribution in [2.75, 3.05) is 13.2 Å². The molecule has 0 aliphatic carbocycles. The summed E-state index contributed by atoms with van der Waals surface area (Å²) in [5.74, 6) is -0.905. The molecule has 0 heterocycles. The van der Waals surface area contributed by atoms with E-state index in [9.17, 15) is 0 Å². The van der Waals surface area contributed by atoms with Crippen LogP contribution in [0.4, 0.5) is 8.78 Å². The van der Waals surface area contributed by atoms with Gasteiger partial charge in [0, 0.05) is 17.7 Å². The molecule has 0 aromatic heterocycles. The summed E-state index contributed by atoms with van der Waals surface area (Å²) in [6.07, 6.45) is 13.5. The Balaban J connectivity index is 1.52. The van der Waals surface area contributed by atoms with Gasteiger partial charge in [-0.1, -0.05) is 107 Å². The molecule has 3 aromatic rings. The smallest absolute Gasteiger partial charge is 0.167 e. The fourth-order valence-corrected chi connectivity index (χ4v) is 4.62. The first-order valence-electron chi connectivity index (χ1n) is 14.1. The van der Waals surface area contributed by atoms with Crippen molar-refractivity contribution in [2.45, 2.75) is 84.0 Å². The van der Waals surface area contributed by atoms with Crippen molar-refractivity contribution >= 4 is 0 Å². The van der Waals surface area contributed by atoms with Crippen LogP contribution in [-0.4, -0.2) is 18.3 Å². The zero-order valence-electron chi connectivity index (χ0n) is 22.3. The molecule has 0 saturated carbocycles. The number of halogens is 2. The molecule has 3 rings (SSSR count). The van der Waals surface area contributed by atoms with E-state index in [0.717, 1.165) is 44.3 Å². The van der Waals surface area contributed by atoms with Crippen LogP contribution in [0.25, 0.3) is 22.3 Å². The maximum absolute atomic E-state index is 15.1. The molecule has 1 N–H and O–H groups in total. The molecule has 0 radical (unpaired) electrons. The van der Waals surface area contributed by atoms with Crippen molar-refractivity contribution in [1.29, 1.82) is 0 Å². The number of aliphatic hydroxyl groups is 1. The number of unbranched alkanes of at least 4 members (excludes halogenated alkanes) is 9. The third-order valence-electron chi connectivity index (χ3n) is 6.90. The maximum Gasteiger partial charge on any atom is 0.167 e. The SMILES string of the molecule is CCCCCCc1ccc(-c2ccc(-c3ccc(OCCCCCCCCCO)cc3)c(F)c2F)cc1. The van der Waals surface area contributed by atoms with Crippen LogP contribution in [0.1, 0.15) is 83.1 Å². The van der Waals surface area contributed by atoms with Crippen molar-refractivity contribution in [3.63, 3.8) is 0 Å². The van der Waals surface area contributed by atoms with E-state index in [1.807, 2.05) is 36.4 Å². The Morgan fingerprint density at radius 3 is 1.68 bits per heavy atom. The van der Waals surface area contributed by atoms with E-state index in [4.69, 9.17) is 9.84 Å². The van der Waals surface area contributed by atoms with Gasteiger partial charge >= 0.3 is 0 Å². The van der Waals surface area contributed by atoms with Crippen LogP contribution >= 0.6 is 0 Å². The topological polar surface area (TPSA) is 29.5 Å². The molecule has 2 nitrogen and oxygen atoms in total. The van der Waals surface area contributed by atoms with Crippen molar-refractivity contribution in [3.05, 3.63) is 77.9 Å². The summed E-state index contributed by atoms with van der Waals surface area (Å²) >= 11 is 0. The molecule has 0 bridgehead atoms. The molecule has 0 aliphatic heterocycles. The molecule has 0 aliphatic rings. The number of hydrogen-bond acceptors (Lipinski definition) is 2. The average molecular weight is 509 g/mol.